The van der Waals surface area contributed by atoms with Gasteiger partial charge >= 0.3 is 0 Å². The van der Waals surface area contributed by atoms with Gasteiger partial charge in [0.05, 0.1) is 6.33 Å². The Bertz CT molecular complexity index is 453. The summed E-state index contributed by atoms with van der Waals surface area (Å²) in [5, 5.41) is 0. The molecule has 0 saturated carbocycles. The number of nitrogen functional groups attached to an aromatic ring is 1. The molecule has 2 aromatic rings. The first-order valence-corrected chi connectivity index (χ1v) is 6.00. The SMILES string of the molecule is CCSCCc1nc(N)c2[nH]cnc2n1. The van der Waals surface area contributed by atoms with E-state index in [1.165, 1.54) is 0 Å². The van der Waals surface area contributed by atoms with E-state index in [2.05, 4.69) is 26.9 Å². The Balaban J connectivity index is 2.21. The molecule has 80 valence electrons. The Morgan fingerprint density at radius 1 is 1.47 bits per heavy atom. The molecule has 6 heteroatoms. The molecule has 0 aliphatic carbocycles. The van der Waals surface area contributed by atoms with Gasteiger partial charge in [-0.25, -0.2) is 15.0 Å². The predicted molar refractivity (Wildman–Crippen MR) is 62.8 cm³/mol. The minimum absolute atomic E-state index is 0.481. The molecule has 0 bridgehead atoms. The van der Waals surface area contributed by atoms with Crippen molar-refractivity contribution >= 4 is 28.7 Å². The summed E-state index contributed by atoms with van der Waals surface area (Å²) in [6.45, 7) is 2.14. The lowest BCUT2D eigenvalue weighted by Gasteiger charge is -2.00. The van der Waals surface area contributed by atoms with Crippen LogP contribution < -0.4 is 5.73 Å². The molecule has 2 aromatic heterocycles. The van der Waals surface area contributed by atoms with Crippen molar-refractivity contribution in [3.8, 4) is 0 Å². The summed E-state index contributed by atoms with van der Waals surface area (Å²) in [7, 11) is 0. The fraction of sp³-hybridized carbons (Fsp3) is 0.444. The molecule has 5 nitrogen and oxygen atoms in total. The van der Waals surface area contributed by atoms with E-state index in [1.54, 1.807) is 6.33 Å². The smallest absolute Gasteiger partial charge is 0.183 e. The van der Waals surface area contributed by atoms with Crippen molar-refractivity contribution in [2.75, 3.05) is 17.2 Å². The highest BCUT2D eigenvalue weighted by Crippen LogP contribution is 2.13. The largest absolute Gasteiger partial charge is 0.382 e. The number of anilines is 1. The third-order valence-electron chi connectivity index (χ3n) is 2.03. The van der Waals surface area contributed by atoms with Gasteiger partial charge in [-0.15, -0.1) is 0 Å². The maximum atomic E-state index is 5.78. The van der Waals surface area contributed by atoms with Gasteiger partial charge in [0.1, 0.15) is 11.3 Å². The third kappa shape index (κ3) is 2.20. The molecule has 0 fully saturated rings. The lowest BCUT2D eigenvalue weighted by molar-refractivity contribution is 0.969. The van der Waals surface area contributed by atoms with Crippen LogP contribution in [0.3, 0.4) is 0 Å². The summed E-state index contributed by atoms with van der Waals surface area (Å²) < 4.78 is 0. The van der Waals surface area contributed by atoms with Gasteiger partial charge in [0.25, 0.3) is 0 Å². The molecule has 0 atom stereocenters. The number of fused-ring (bicyclic) bond motifs is 1. The fourth-order valence-electron chi connectivity index (χ4n) is 1.32. The van der Waals surface area contributed by atoms with E-state index in [4.69, 9.17) is 5.73 Å². The number of hydrogen-bond acceptors (Lipinski definition) is 5. The minimum Gasteiger partial charge on any atom is -0.382 e. The number of hydrogen-bond donors (Lipinski definition) is 2. The molecule has 15 heavy (non-hydrogen) atoms. The first-order chi connectivity index (χ1) is 7.31. The average Bonchev–Trinajstić information content (AvgIpc) is 2.66. The Morgan fingerprint density at radius 3 is 3.13 bits per heavy atom. The molecular weight excluding hydrogens is 210 g/mol. The van der Waals surface area contributed by atoms with Crippen LogP contribution in [0.4, 0.5) is 5.82 Å². The number of aromatic nitrogens is 4. The summed E-state index contributed by atoms with van der Waals surface area (Å²) in [5.41, 5.74) is 7.15. The van der Waals surface area contributed by atoms with E-state index in [1.807, 2.05) is 11.8 Å². The zero-order chi connectivity index (χ0) is 10.7. The van der Waals surface area contributed by atoms with Gasteiger partial charge in [0.2, 0.25) is 0 Å². The number of H-pyrrole nitrogens is 1. The Labute approximate surface area is 91.9 Å². The van der Waals surface area contributed by atoms with Crippen molar-refractivity contribution in [2.45, 2.75) is 13.3 Å². The molecule has 0 spiro atoms. The van der Waals surface area contributed by atoms with Crippen molar-refractivity contribution in [1.29, 1.82) is 0 Å². The standard InChI is InChI=1S/C9H13N5S/c1-2-15-4-3-6-13-8(10)7-9(14-6)12-5-11-7/h5H,2-4H2,1H3,(H3,10,11,12,13,14). The monoisotopic (exact) mass is 223 g/mol. The summed E-state index contributed by atoms with van der Waals surface area (Å²) in [4.78, 5) is 15.5. The number of aryl methyl sites for hydroxylation is 1. The number of nitrogens with two attached hydrogens (primary N) is 1. The van der Waals surface area contributed by atoms with Gasteiger partial charge in [0, 0.05) is 12.2 Å². The van der Waals surface area contributed by atoms with Crippen LogP contribution in [0.15, 0.2) is 6.33 Å². The number of aromatic amines is 1. The van der Waals surface area contributed by atoms with Gasteiger partial charge in [0.15, 0.2) is 11.5 Å². The lowest BCUT2D eigenvalue weighted by Crippen LogP contribution is -2.02. The van der Waals surface area contributed by atoms with Crippen molar-refractivity contribution < 1.29 is 0 Å². The van der Waals surface area contributed by atoms with Crippen molar-refractivity contribution in [2.24, 2.45) is 0 Å². The summed E-state index contributed by atoms with van der Waals surface area (Å²) in [6.07, 6.45) is 2.42. The van der Waals surface area contributed by atoms with E-state index in [-0.39, 0.29) is 0 Å². The molecule has 2 heterocycles. The normalized spacial score (nSPS) is 11.0. The Kier molecular flexibility index (Phi) is 3.05. The second kappa shape index (κ2) is 4.48. The van der Waals surface area contributed by atoms with E-state index in [0.717, 1.165) is 29.3 Å². The molecule has 0 aromatic carbocycles. The van der Waals surface area contributed by atoms with Crippen molar-refractivity contribution in [3.05, 3.63) is 12.2 Å². The van der Waals surface area contributed by atoms with E-state index >= 15 is 0 Å². The van der Waals surface area contributed by atoms with Gasteiger partial charge in [-0.05, 0) is 5.75 Å². The van der Waals surface area contributed by atoms with Gasteiger partial charge in [-0.3, -0.25) is 0 Å². The van der Waals surface area contributed by atoms with Crippen LogP contribution in [0.5, 0.6) is 0 Å². The van der Waals surface area contributed by atoms with Gasteiger partial charge in [-0.1, -0.05) is 6.92 Å². The first-order valence-electron chi connectivity index (χ1n) is 4.84. The second-order valence-corrected chi connectivity index (χ2v) is 4.47. The molecule has 0 radical (unpaired) electrons. The Hall–Kier alpha value is -1.30. The minimum atomic E-state index is 0.481. The molecular formula is C9H13N5S. The molecule has 0 amide bonds. The highest BCUT2D eigenvalue weighted by Gasteiger charge is 2.06. The number of nitrogens with one attached hydrogen (secondary N) is 1. The Morgan fingerprint density at radius 2 is 2.33 bits per heavy atom. The van der Waals surface area contributed by atoms with E-state index in [0.29, 0.717) is 11.5 Å². The van der Waals surface area contributed by atoms with Crippen LogP contribution in [0.25, 0.3) is 11.2 Å². The highest BCUT2D eigenvalue weighted by molar-refractivity contribution is 7.99. The maximum Gasteiger partial charge on any atom is 0.183 e. The second-order valence-electron chi connectivity index (χ2n) is 3.07. The van der Waals surface area contributed by atoms with Crippen molar-refractivity contribution in [1.82, 2.24) is 19.9 Å². The van der Waals surface area contributed by atoms with E-state index in [9.17, 15) is 0 Å². The number of imidazole rings is 1. The zero-order valence-corrected chi connectivity index (χ0v) is 9.34. The van der Waals surface area contributed by atoms with Gasteiger partial charge in [-0.2, -0.15) is 11.8 Å². The van der Waals surface area contributed by atoms with Crippen LogP contribution in [-0.4, -0.2) is 31.4 Å². The molecule has 2 rings (SSSR count). The van der Waals surface area contributed by atoms with Crippen LogP contribution in [0.2, 0.25) is 0 Å². The maximum absolute atomic E-state index is 5.78. The predicted octanol–water partition coefficient (Wildman–Crippen LogP) is 1.23. The quantitative estimate of drug-likeness (QED) is 0.762. The van der Waals surface area contributed by atoms with Crippen LogP contribution in [-0.2, 0) is 6.42 Å². The molecule has 0 aliphatic rings. The summed E-state index contributed by atoms with van der Waals surface area (Å²) in [5.74, 6) is 3.38. The lowest BCUT2D eigenvalue weighted by atomic mass is 10.4. The van der Waals surface area contributed by atoms with Crippen LogP contribution >= 0.6 is 11.8 Å². The first kappa shape index (κ1) is 10.2. The molecule has 0 unspecified atom stereocenters. The molecule has 0 aliphatic heterocycles. The summed E-state index contributed by atoms with van der Waals surface area (Å²) >= 11 is 1.87. The molecule has 3 N–H and O–H groups in total. The zero-order valence-electron chi connectivity index (χ0n) is 8.53. The van der Waals surface area contributed by atoms with Crippen molar-refractivity contribution in [3.63, 3.8) is 0 Å². The summed E-state index contributed by atoms with van der Waals surface area (Å²) in [6, 6.07) is 0. The highest BCUT2D eigenvalue weighted by atomic mass is 32.2. The van der Waals surface area contributed by atoms with Crippen LogP contribution in [0, 0.1) is 0 Å². The topological polar surface area (TPSA) is 80.5 Å². The number of nitrogens with zero attached hydrogens (tertiary/aromatic N) is 3. The number of thioether (sulfide) groups is 1. The number of rotatable bonds is 4. The van der Waals surface area contributed by atoms with E-state index < -0.39 is 0 Å². The molecule has 0 saturated heterocycles. The van der Waals surface area contributed by atoms with Crippen LogP contribution in [0.1, 0.15) is 12.7 Å². The fourth-order valence-corrected chi connectivity index (χ4v) is 1.94. The van der Waals surface area contributed by atoms with Gasteiger partial charge < -0.3 is 10.7 Å². The average molecular weight is 223 g/mol. The third-order valence-corrected chi connectivity index (χ3v) is 2.94.